The average molecular weight is 405 g/mol. The first-order valence-electron chi connectivity index (χ1n) is 9.91. The molecule has 7 heteroatoms. The van der Waals surface area contributed by atoms with Crippen LogP contribution in [0.1, 0.15) is 65.2 Å². The number of hydrogen-bond donors (Lipinski definition) is 1. The van der Waals surface area contributed by atoms with Crippen LogP contribution >= 0.6 is 0 Å². The number of nitrogens with one attached hydrogen (secondary N) is 1. The van der Waals surface area contributed by atoms with E-state index in [1.54, 1.807) is 0 Å². The van der Waals surface area contributed by atoms with E-state index in [2.05, 4.69) is 5.32 Å². The molecule has 0 bridgehead atoms. The Morgan fingerprint density at radius 3 is 2.07 bits per heavy atom. The van der Waals surface area contributed by atoms with E-state index in [0.717, 1.165) is 22.2 Å². The number of rotatable bonds is 4. The molecule has 0 unspecified atom stereocenters. The van der Waals surface area contributed by atoms with E-state index >= 15 is 0 Å². The second-order valence-corrected chi connectivity index (χ2v) is 9.62. The summed E-state index contributed by atoms with van der Waals surface area (Å²) in [6.45, 7) is 17.2. The molecule has 1 saturated heterocycles. The molecule has 5 nitrogen and oxygen atoms in total. The minimum absolute atomic E-state index is 0.183. The van der Waals surface area contributed by atoms with Crippen LogP contribution < -0.4 is 5.32 Å². The molecule has 1 fully saturated rings. The first-order chi connectivity index (χ1) is 13.1. The molecule has 1 aliphatic rings. The molecule has 2 rings (SSSR count). The van der Waals surface area contributed by atoms with Crippen LogP contribution in [0.4, 0.5) is 9.18 Å². The van der Waals surface area contributed by atoms with E-state index < -0.39 is 30.0 Å². The van der Waals surface area contributed by atoms with Crippen molar-refractivity contribution >= 4 is 19.3 Å². The molecule has 1 aliphatic heterocycles. The summed E-state index contributed by atoms with van der Waals surface area (Å²) in [7, 11) is -0.640. The van der Waals surface area contributed by atoms with Gasteiger partial charge in [0.1, 0.15) is 11.4 Å². The van der Waals surface area contributed by atoms with Crippen LogP contribution in [-0.4, -0.2) is 36.6 Å². The summed E-state index contributed by atoms with van der Waals surface area (Å²) in [4.78, 5) is 12.2. The van der Waals surface area contributed by atoms with Crippen LogP contribution in [0.5, 0.6) is 0 Å². The van der Waals surface area contributed by atoms with Crippen LogP contribution in [0.25, 0.3) is 6.08 Å². The highest BCUT2D eigenvalue weighted by molar-refractivity contribution is 6.56. The molecule has 1 N–H and O–H groups in total. The lowest BCUT2D eigenvalue weighted by Crippen LogP contribution is -2.41. The van der Waals surface area contributed by atoms with E-state index in [-0.39, 0.29) is 12.4 Å². The van der Waals surface area contributed by atoms with Gasteiger partial charge >= 0.3 is 13.2 Å². The molecule has 1 amide bonds. The Kier molecular flexibility index (Phi) is 6.55. The van der Waals surface area contributed by atoms with Crippen LogP contribution in [0.2, 0.25) is 0 Å². The Balaban J connectivity index is 2.36. The van der Waals surface area contributed by atoms with Crippen LogP contribution in [0, 0.1) is 19.7 Å². The Labute approximate surface area is 174 Å². The zero-order chi connectivity index (χ0) is 22.2. The van der Waals surface area contributed by atoms with E-state index in [9.17, 15) is 9.18 Å². The first kappa shape index (κ1) is 23.4. The molecule has 0 atom stereocenters. The summed E-state index contributed by atoms with van der Waals surface area (Å²) in [6.07, 6.45) is 1.39. The summed E-state index contributed by atoms with van der Waals surface area (Å²) in [5, 5.41) is 2.78. The van der Waals surface area contributed by atoms with Gasteiger partial charge in [-0.3, -0.25) is 0 Å². The van der Waals surface area contributed by atoms with Gasteiger partial charge in [-0.15, -0.1) is 0 Å². The molecule has 1 aromatic rings. The summed E-state index contributed by atoms with van der Waals surface area (Å²) in [5.41, 5.74) is 1.57. The van der Waals surface area contributed by atoms with Gasteiger partial charge in [-0.2, -0.15) is 0 Å². The molecule has 0 radical (unpaired) electrons. The molecule has 1 heterocycles. The predicted molar refractivity (Wildman–Crippen MR) is 114 cm³/mol. The molecule has 0 aliphatic carbocycles. The van der Waals surface area contributed by atoms with Crippen molar-refractivity contribution in [2.75, 3.05) is 6.54 Å². The number of amides is 1. The lowest BCUT2D eigenvalue weighted by molar-refractivity contribution is 0.00578. The van der Waals surface area contributed by atoms with Gasteiger partial charge in [0, 0.05) is 6.54 Å². The molecular weight excluding hydrogens is 372 g/mol. The lowest BCUT2D eigenvalue weighted by Gasteiger charge is -2.32. The number of alkyl carbamates (subject to hydrolysis) is 1. The maximum Gasteiger partial charge on any atom is 0.492 e. The summed E-state index contributed by atoms with van der Waals surface area (Å²) in [5.74, 6) is -0.277. The maximum atomic E-state index is 13.7. The molecule has 160 valence electrons. The first-order valence-corrected chi connectivity index (χ1v) is 9.91. The van der Waals surface area contributed by atoms with E-state index in [1.807, 2.05) is 68.4 Å². The van der Waals surface area contributed by atoms with Crippen LogP contribution in [0.3, 0.4) is 0 Å². The molecule has 29 heavy (non-hydrogen) atoms. The van der Waals surface area contributed by atoms with Crippen molar-refractivity contribution in [1.29, 1.82) is 0 Å². The minimum atomic E-state index is -0.640. The third-order valence-corrected chi connectivity index (χ3v) is 5.28. The summed E-state index contributed by atoms with van der Waals surface area (Å²) >= 11 is 0. The van der Waals surface area contributed by atoms with E-state index in [4.69, 9.17) is 14.0 Å². The number of hydrogen-bond acceptors (Lipinski definition) is 4. The second-order valence-electron chi connectivity index (χ2n) is 9.62. The minimum Gasteiger partial charge on any atom is -0.444 e. The summed E-state index contributed by atoms with van der Waals surface area (Å²) in [6, 6.07) is 2.98. The van der Waals surface area contributed by atoms with Gasteiger partial charge < -0.3 is 19.4 Å². The smallest absolute Gasteiger partial charge is 0.444 e. The van der Waals surface area contributed by atoms with Crippen molar-refractivity contribution in [2.45, 2.75) is 79.1 Å². The number of halogens is 1. The van der Waals surface area contributed by atoms with Crippen molar-refractivity contribution in [3.63, 3.8) is 0 Å². The molecule has 0 aromatic heterocycles. The van der Waals surface area contributed by atoms with Crippen molar-refractivity contribution in [3.8, 4) is 0 Å². The summed E-state index contributed by atoms with van der Waals surface area (Å²) < 4.78 is 31.4. The maximum absolute atomic E-state index is 13.7. The fourth-order valence-electron chi connectivity index (χ4n) is 3.02. The molecule has 1 aromatic carbocycles. The van der Waals surface area contributed by atoms with Gasteiger partial charge in [-0.1, -0.05) is 6.08 Å². The normalized spacial score (nSPS) is 18.7. The van der Waals surface area contributed by atoms with Crippen molar-refractivity contribution in [2.24, 2.45) is 0 Å². The zero-order valence-electron chi connectivity index (χ0n) is 19.0. The predicted octanol–water partition coefficient (Wildman–Crippen LogP) is 4.98. The topological polar surface area (TPSA) is 56.8 Å². The third kappa shape index (κ3) is 5.83. The van der Waals surface area contributed by atoms with Gasteiger partial charge in [-0.25, -0.2) is 9.18 Å². The number of carbonyl (C=O) groups is 1. The Morgan fingerprint density at radius 1 is 1.14 bits per heavy atom. The Hall–Kier alpha value is -1.86. The molecular formula is C22H33BFNO4. The van der Waals surface area contributed by atoms with Gasteiger partial charge in [0.25, 0.3) is 0 Å². The Bertz CT molecular complexity index is 773. The molecule has 0 saturated carbocycles. The van der Waals surface area contributed by atoms with E-state index in [0.29, 0.717) is 0 Å². The second kappa shape index (κ2) is 8.11. The number of ether oxygens (including phenoxy) is 1. The monoisotopic (exact) mass is 405 g/mol. The molecule has 0 spiro atoms. The third-order valence-electron chi connectivity index (χ3n) is 5.28. The number of carbonyl (C=O) groups excluding carboxylic acids is 1. The van der Waals surface area contributed by atoms with Crippen molar-refractivity contribution in [3.05, 3.63) is 40.1 Å². The highest BCUT2D eigenvalue weighted by atomic mass is 19.1. The average Bonchev–Trinajstić information content (AvgIpc) is 2.71. The fraction of sp³-hybridized carbons (Fsp3) is 0.591. The number of benzene rings is 1. The standard InChI is InChI=1S/C22H33BFNO4/c1-14-10-17(24)11-15(2)18(14)12-16(13-25-19(26)27-20(3,4)5)23-28-21(6,7)22(8,9)29-23/h10-12H,13H2,1-9H3,(H,25,26). The quantitative estimate of drug-likeness (QED) is 0.718. The Morgan fingerprint density at radius 2 is 1.62 bits per heavy atom. The van der Waals surface area contributed by atoms with Gasteiger partial charge in [-0.05, 0) is 96.6 Å². The van der Waals surface area contributed by atoms with E-state index in [1.165, 1.54) is 12.1 Å². The number of aryl methyl sites for hydroxylation is 2. The largest absolute Gasteiger partial charge is 0.492 e. The fourth-order valence-corrected chi connectivity index (χ4v) is 3.02. The van der Waals surface area contributed by atoms with Gasteiger partial charge in [0.2, 0.25) is 0 Å². The van der Waals surface area contributed by atoms with Crippen LogP contribution in [0.15, 0.2) is 17.6 Å². The van der Waals surface area contributed by atoms with Crippen molar-refractivity contribution in [1.82, 2.24) is 5.32 Å². The van der Waals surface area contributed by atoms with Gasteiger partial charge in [0.05, 0.1) is 11.2 Å². The SMILES string of the molecule is Cc1cc(F)cc(C)c1C=C(CNC(=O)OC(C)(C)C)B1OC(C)(C)C(C)(C)O1. The lowest BCUT2D eigenvalue weighted by atomic mass is 9.76. The highest BCUT2D eigenvalue weighted by Crippen LogP contribution is 2.39. The highest BCUT2D eigenvalue weighted by Gasteiger charge is 2.52. The van der Waals surface area contributed by atoms with Crippen LogP contribution in [-0.2, 0) is 14.0 Å². The van der Waals surface area contributed by atoms with Gasteiger partial charge in [0.15, 0.2) is 0 Å². The zero-order valence-corrected chi connectivity index (χ0v) is 19.0. The van der Waals surface area contributed by atoms with Crippen molar-refractivity contribution < 1.29 is 23.2 Å².